The highest BCUT2D eigenvalue weighted by atomic mass is 16.9. The molecule has 9 heteroatoms. The third-order valence-electron chi connectivity index (χ3n) is 0.671. The molecule has 14 heavy (non-hydrogen) atoms. The highest BCUT2D eigenvalue weighted by molar-refractivity contribution is 5.86. The fourth-order valence-corrected chi connectivity index (χ4v) is 0.291. The molecule has 1 N–H and O–H groups in total. The van der Waals surface area contributed by atoms with Crippen molar-refractivity contribution in [1.29, 1.82) is 0 Å². The first-order valence-electron chi connectivity index (χ1n) is 2.88. The fourth-order valence-electron chi connectivity index (χ4n) is 0.291. The summed E-state index contributed by atoms with van der Waals surface area (Å²) in [7, 11) is 0.908. The van der Waals surface area contributed by atoms with Gasteiger partial charge < -0.3 is 24.1 Å². The van der Waals surface area contributed by atoms with Gasteiger partial charge in [0.25, 0.3) is 0 Å². The predicted molar refractivity (Wildman–Crippen MR) is 34.5 cm³/mol. The van der Waals surface area contributed by atoms with Crippen LogP contribution in [0.25, 0.3) is 0 Å². The van der Waals surface area contributed by atoms with Gasteiger partial charge in [0.2, 0.25) is 0 Å². The first kappa shape index (κ1) is 11.7. The van der Waals surface area contributed by atoms with Crippen LogP contribution in [0.15, 0.2) is 0 Å². The van der Waals surface area contributed by atoms with Gasteiger partial charge in [-0.15, -0.1) is 0 Å². The number of methoxy groups -OCH3 is 1. The Bertz CT molecular complexity index is 266. The molecule has 9 nitrogen and oxygen atoms in total. The van der Waals surface area contributed by atoms with Gasteiger partial charge in [-0.05, 0) is 0 Å². The fraction of sp³-hybridized carbons (Fsp3) is 0.200. The van der Waals surface area contributed by atoms with E-state index in [-0.39, 0.29) is 0 Å². The molecule has 0 aromatic rings. The van der Waals surface area contributed by atoms with E-state index in [1.165, 1.54) is 0 Å². The van der Waals surface area contributed by atoms with E-state index in [1.54, 1.807) is 0 Å². The molecule has 78 valence electrons. The number of hydrogen-bond acceptors (Lipinski definition) is 8. The lowest BCUT2D eigenvalue weighted by molar-refractivity contribution is 0.0367. The number of rotatable bonds is 0. The van der Waals surface area contributed by atoms with E-state index in [1.807, 2.05) is 0 Å². The smallest absolute Gasteiger partial charge is 0.449 e. The van der Waals surface area contributed by atoms with Crippen LogP contribution in [0, 0.1) is 0 Å². The third-order valence-corrected chi connectivity index (χ3v) is 0.671. The van der Waals surface area contributed by atoms with Crippen LogP contribution >= 0.6 is 0 Å². The number of hydrogen-bond donors (Lipinski definition) is 1. The highest BCUT2D eigenvalue weighted by Crippen LogP contribution is 1.92. The Morgan fingerprint density at radius 1 is 0.857 bits per heavy atom. The van der Waals surface area contributed by atoms with Crippen molar-refractivity contribution in [3.63, 3.8) is 0 Å². The van der Waals surface area contributed by atoms with Gasteiger partial charge in [0.05, 0.1) is 7.11 Å². The average molecular weight is 208 g/mol. The molecule has 0 spiro atoms. The molecule has 0 aliphatic carbocycles. The minimum absolute atomic E-state index is 0.908. The molecular formula is C5H4O9. The highest BCUT2D eigenvalue weighted by Gasteiger charge is 2.19. The number of carbonyl (C=O) groups is 4. The van der Waals surface area contributed by atoms with Crippen molar-refractivity contribution in [3.8, 4) is 0 Å². The minimum Gasteiger partial charge on any atom is -0.449 e. The monoisotopic (exact) mass is 208 g/mol. The summed E-state index contributed by atoms with van der Waals surface area (Å²) < 4.78 is 14.4. The molecule has 0 aliphatic heterocycles. The lowest BCUT2D eigenvalue weighted by atomic mass is 11.2. The summed E-state index contributed by atoms with van der Waals surface area (Å²) in [5.74, 6) is 0. The van der Waals surface area contributed by atoms with E-state index in [2.05, 4.69) is 18.9 Å². The summed E-state index contributed by atoms with van der Waals surface area (Å²) in [5.41, 5.74) is 0. The van der Waals surface area contributed by atoms with Crippen LogP contribution in [-0.4, -0.2) is 36.8 Å². The Labute approximate surface area is 76.1 Å². The minimum atomic E-state index is -1.97. The van der Waals surface area contributed by atoms with Crippen LogP contribution in [0.5, 0.6) is 0 Å². The first-order valence-corrected chi connectivity index (χ1v) is 2.88. The van der Waals surface area contributed by atoms with Crippen molar-refractivity contribution in [2.24, 2.45) is 0 Å². The standard InChI is InChI=1S/C5H4O9/c1-11-3(8)13-5(10)14-4(9)12-2(6)7/h1H3,(H,6,7). The lowest BCUT2D eigenvalue weighted by Crippen LogP contribution is -2.19. The summed E-state index contributed by atoms with van der Waals surface area (Å²) in [5, 5.41) is 7.86. The molecule has 0 saturated carbocycles. The second-order valence-electron chi connectivity index (χ2n) is 1.53. The van der Waals surface area contributed by atoms with E-state index >= 15 is 0 Å². The molecule has 0 bridgehead atoms. The quantitative estimate of drug-likeness (QED) is 0.452. The van der Waals surface area contributed by atoms with E-state index in [4.69, 9.17) is 5.11 Å². The maximum atomic E-state index is 10.4. The van der Waals surface area contributed by atoms with Crippen molar-refractivity contribution < 1.29 is 43.2 Å². The van der Waals surface area contributed by atoms with Crippen LogP contribution in [0.2, 0.25) is 0 Å². The summed E-state index contributed by atoms with van der Waals surface area (Å²) in [6.45, 7) is 0. The molecular weight excluding hydrogens is 204 g/mol. The molecule has 0 aromatic heterocycles. The van der Waals surface area contributed by atoms with Gasteiger partial charge in [-0.3, -0.25) is 0 Å². The normalized spacial score (nSPS) is 8.36. The van der Waals surface area contributed by atoms with Crippen LogP contribution < -0.4 is 0 Å². The number of carboxylic acid groups (broad SMARTS) is 1. The van der Waals surface area contributed by atoms with Gasteiger partial charge in [-0.2, -0.15) is 0 Å². The Kier molecular flexibility index (Phi) is 4.46. The maximum absolute atomic E-state index is 10.4. The second-order valence-corrected chi connectivity index (χ2v) is 1.53. The van der Waals surface area contributed by atoms with Crippen LogP contribution in [-0.2, 0) is 18.9 Å². The van der Waals surface area contributed by atoms with Gasteiger partial charge in [-0.1, -0.05) is 0 Å². The molecule has 0 fully saturated rings. The average Bonchev–Trinajstić information content (AvgIpc) is 2.01. The SMILES string of the molecule is COC(=O)OC(=O)OC(=O)OC(=O)O. The molecule has 0 saturated heterocycles. The number of ether oxygens (including phenoxy) is 4. The van der Waals surface area contributed by atoms with Crippen LogP contribution in [0.3, 0.4) is 0 Å². The van der Waals surface area contributed by atoms with E-state index in [9.17, 15) is 19.2 Å². The second kappa shape index (κ2) is 5.35. The molecule has 0 radical (unpaired) electrons. The van der Waals surface area contributed by atoms with Crippen LogP contribution in [0.1, 0.15) is 0 Å². The van der Waals surface area contributed by atoms with Gasteiger partial charge in [-0.25, -0.2) is 19.2 Å². The van der Waals surface area contributed by atoms with Gasteiger partial charge in [0, 0.05) is 0 Å². The molecule has 0 heterocycles. The first-order chi connectivity index (χ1) is 6.45. The number of carbonyl (C=O) groups excluding carboxylic acids is 3. The summed E-state index contributed by atoms with van der Waals surface area (Å²) in [6.07, 6.45) is -6.99. The van der Waals surface area contributed by atoms with E-state index < -0.39 is 24.6 Å². The zero-order chi connectivity index (χ0) is 11.1. The van der Waals surface area contributed by atoms with Gasteiger partial charge in [0.1, 0.15) is 0 Å². The molecule has 0 unspecified atom stereocenters. The third kappa shape index (κ3) is 5.35. The molecule has 0 aliphatic rings. The topological polar surface area (TPSA) is 125 Å². The van der Waals surface area contributed by atoms with Crippen molar-refractivity contribution in [2.75, 3.05) is 7.11 Å². The van der Waals surface area contributed by atoms with Crippen molar-refractivity contribution in [3.05, 3.63) is 0 Å². The Morgan fingerprint density at radius 3 is 1.71 bits per heavy atom. The van der Waals surface area contributed by atoms with Gasteiger partial charge >= 0.3 is 24.6 Å². The Balaban J connectivity index is 3.88. The van der Waals surface area contributed by atoms with Crippen molar-refractivity contribution >= 4 is 24.6 Å². The summed E-state index contributed by atoms with van der Waals surface area (Å²) >= 11 is 0. The summed E-state index contributed by atoms with van der Waals surface area (Å²) in [6, 6.07) is 0. The molecule has 0 aromatic carbocycles. The molecule has 0 rings (SSSR count). The zero-order valence-electron chi connectivity index (χ0n) is 6.71. The van der Waals surface area contributed by atoms with Crippen molar-refractivity contribution in [1.82, 2.24) is 0 Å². The Hall–Kier alpha value is -2.32. The lowest BCUT2D eigenvalue weighted by Gasteiger charge is -1.99. The zero-order valence-corrected chi connectivity index (χ0v) is 6.71. The molecule has 0 amide bonds. The van der Waals surface area contributed by atoms with Crippen molar-refractivity contribution in [2.45, 2.75) is 0 Å². The maximum Gasteiger partial charge on any atom is 0.528 e. The van der Waals surface area contributed by atoms with Gasteiger partial charge in [0.15, 0.2) is 0 Å². The van der Waals surface area contributed by atoms with E-state index in [0.717, 1.165) is 7.11 Å². The molecule has 0 atom stereocenters. The predicted octanol–water partition coefficient (Wildman–Crippen LogP) is 0.721. The Morgan fingerprint density at radius 2 is 1.29 bits per heavy atom. The van der Waals surface area contributed by atoms with Crippen LogP contribution in [0.4, 0.5) is 19.2 Å². The summed E-state index contributed by atoms with van der Waals surface area (Å²) in [4.78, 5) is 40.5. The largest absolute Gasteiger partial charge is 0.528 e. The van der Waals surface area contributed by atoms with E-state index in [0.29, 0.717) is 0 Å².